The highest BCUT2D eigenvalue weighted by molar-refractivity contribution is 5.86. The van der Waals surface area contributed by atoms with Gasteiger partial charge in [0.2, 0.25) is 11.8 Å². The Morgan fingerprint density at radius 3 is 1.95 bits per heavy atom. The Bertz CT molecular complexity index is 1930. The Labute approximate surface area is 340 Å². The van der Waals surface area contributed by atoms with Gasteiger partial charge in [-0.2, -0.15) is 0 Å². The number of ether oxygens (including phenoxy) is 3. The number of nitrogens with one attached hydrogen (secondary N) is 3. The number of benzene rings is 4. The lowest BCUT2D eigenvalue weighted by atomic mass is 9.98. The molecule has 1 aliphatic carbocycles. The Balaban J connectivity index is 1.20. The molecule has 0 spiro atoms. The molecule has 5 rings (SSSR count). The fourth-order valence-electron chi connectivity index (χ4n) is 7.00. The second kappa shape index (κ2) is 22.6. The van der Waals surface area contributed by atoms with Crippen LogP contribution in [-0.4, -0.2) is 73.5 Å². The normalized spacial score (nSPS) is 13.7. The van der Waals surface area contributed by atoms with Gasteiger partial charge in [0, 0.05) is 12.3 Å². The van der Waals surface area contributed by atoms with E-state index in [1.165, 1.54) is 0 Å². The molecular formula is C47H53N3O8. The summed E-state index contributed by atoms with van der Waals surface area (Å²) in [7, 11) is 0. The number of carbonyl (C=O) groups excluding carboxylic acids is 4. The summed E-state index contributed by atoms with van der Waals surface area (Å²) in [6.07, 6.45) is 3.53. The van der Waals surface area contributed by atoms with E-state index in [0.717, 1.165) is 33.4 Å². The van der Waals surface area contributed by atoms with Crippen molar-refractivity contribution < 1.29 is 38.5 Å². The van der Waals surface area contributed by atoms with Crippen LogP contribution in [0.5, 0.6) is 0 Å². The van der Waals surface area contributed by atoms with Crippen LogP contribution in [0.1, 0.15) is 53.9 Å². The number of alkyl carbamates (subject to hydrolysis) is 1. The third-order valence-corrected chi connectivity index (χ3v) is 9.95. The first-order chi connectivity index (χ1) is 28.3. The second-order valence-electron chi connectivity index (χ2n) is 14.3. The summed E-state index contributed by atoms with van der Waals surface area (Å²) in [6.45, 7) is 7.29. The smallest absolute Gasteiger partial charge is 0.407 e. The quantitative estimate of drug-likeness (QED) is 0.0498. The highest BCUT2D eigenvalue weighted by Gasteiger charge is 2.31. The molecule has 4 unspecified atom stereocenters. The average Bonchev–Trinajstić information content (AvgIpc) is 3.56. The molecule has 304 valence electrons. The summed E-state index contributed by atoms with van der Waals surface area (Å²) in [4.78, 5) is 53.5. The van der Waals surface area contributed by atoms with Crippen molar-refractivity contribution in [3.05, 3.63) is 157 Å². The minimum Gasteiger partial charge on any atom is -0.462 e. The molecule has 58 heavy (non-hydrogen) atoms. The van der Waals surface area contributed by atoms with E-state index < -0.39 is 47.9 Å². The Hall–Kier alpha value is -6.04. The van der Waals surface area contributed by atoms with Crippen LogP contribution in [0.25, 0.3) is 11.1 Å². The van der Waals surface area contributed by atoms with E-state index in [0.29, 0.717) is 12.8 Å². The molecule has 0 aromatic heterocycles. The van der Waals surface area contributed by atoms with Crippen LogP contribution < -0.4 is 16.0 Å². The topological polar surface area (TPSA) is 152 Å². The van der Waals surface area contributed by atoms with Crippen LogP contribution in [0.3, 0.4) is 0 Å². The Kier molecular flexibility index (Phi) is 16.8. The number of allylic oxidation sites excluding steroid dienone is 2. The maximum absolute atomic E-state index is 13.7. The first-order valence-corrected chi connectivity index (χ1v) is 19.7. The summed E-state index contributed by atoms with van der Waals surface area (Å²) in [5.74, 6) is -2.52. The largest absolute Gasteiger partial charge is 0.462 e. The Morgan fingerprint density at radius 1 is 0.707 bits per heavy atom. The predicted molar refractivity (Wildman–Crippen MR) is 222 cm³/mol. The molecule has 4 N–H and O–H groups in total. The molecule has 3 amide bonds. The summed E-state index contributed by atoms with van der Waals surface area (Å²) in [5, 5.41) is 18.3. The van der Waals surface area contributed by atoms with Gasteiger partial charge in [0.25, 0.3) is 0 Å². The number of aliphatic hydroxyl groups excluding tert-OH is 1. The fourth-order valence-corrected chi connectivity index (χ4v) is 7.00. The van der Waals surface area contributed by atoms with Gasteiger partial charge in [-0.25, -0.2) is 9.59 Å². The van der Waals surface area contributed by atoms with Crippen LogP contribution in [0.4, 0.5) is 4.79 Å². The number of amides is 3. The van der Waals surface area contributed by atoms with Crippen molar-refractivity contribution in [2.24, 2.45) is 5.92 Å². The van der Waals surface area contributed by atoms with Crippen LogP contribution >= 0.6 is 0 Å². The molecule has 0 saturated heterocycles. The number of aliphatic hydroxyl groups is 1. The zero-order valence-corrected chi connectivity index (χ0v) is 32.7. The lowest BCUT2D eigenvalue weighted by Gasteiger charge is -2.24. The van der Waals surface area contributed by atoms with Crippen molar-refractivity contribution in [1.82, 2.24) is 16.0 Å². The summed E-state index contributed by atoms with van der Waals surface area (Å²) >= 11 is 0. The lowest BCUT2D eigenvalue weighted by molar-refractivity contribution is -0.148. The molecule has 0 radical (unpaired) electrons. The minimum absolute atomic E-state index is 0.0122. The molecule has 0 saturated carbocycles. The maximum Gasteiger partial charge on any atom is 0.407 e. The van der Waals surface area contributed by atoms with E-state index in [4.69, 9.17) is 14.2 Å². The predicted octanol–water partition coefficient (Wildman–Crippen LogP) is 6.41. The van der Waals surface area contributed by atoms with Gasteiger partial charge in [0.1, 0.15) is 19.3 Å². The van der Waals surface area contributed by atoms with E-state index >= 15 is 0 Å². The first-order valence-electron chi connectivity index (χ1n) is 19.7. The van der Waals surface area contributed by atoms with Gasteiger partial charge in [-0.3, -0.25) is 9.59 Å². The molecule has 0 heterocycles. The number of rotatable bonds is 23. The van der Waals surface area contributed by atoms with Crippen LogP contribution in [0, 0.1) is 5.92 Å². The molecule has 1 aliphatic rings. The van der Waals surface area contributed by atoms with Crippen molar-refractivity contribution in [2.45, 2.75) is 62.8 Å². The highest BCUT2D eigenvalue weighted by Crippen LogP contribution is 2.44. The van der Waals surface area contributed by atoms with Crippen molar-refractivity contribution in [3.63, 3.8) is 0 Å². The highest BCUT2D eigenvalue weighted by atomic mass is 16.6. The fraction of sp³-hybridized carbons (Fsp3) is 0.319. The van der Waals surface area contributed by atoms with Crippen LogP contribution in [0.15, 0.2) is 135 Å². The number of fused-ring (bicyclic) bond motifs is 3. The molecular weight excluding hydrogens is 735 g/mol. The summed E-state index contributed by atoms with van der Waals surface area (Å²) in [5.41, 5.74) is 6.20. The standard InChI is InChI=1S/C47H53N3O8/c1-3-5-25-43(50-47(55)58-32-42-40-23-14-12-21-38(40)39-22-13-15-24-41(39)42)46(54)57-31-37(30-56-29-34-19-10-7-11-20-34)49-45(53)35(16-4-2)27-44(52)48-36(28-51)26-33-17-8-6-9-18-33/h3-4,6-15,17-24,35-37,42-43,51H,1-2,5,16,25-32H2,(H,48,52)(H,49,53)(H,50,55). The van der Waals surface area contributed by atoms with E-state index in [1.54, 1.807) is 12.2 Å². The van der Waals surface area contributed by atoms with E-state index in [2.05, 4.69) is 41.2 Å². The third-order valence-electron chi connectivity index (χ3n) is 9.95. The molecule has 11 nitrogen and oxygen atoms in total. The monoisotopic (exact) mass is 787 g/mol. The van der Waals surface area contributed by atoms with Crippen molar-refractivity contribution in [1.29, 1.82) is 0 Å². The van der Waals surface area contributed by atoms with E-state index in [-0.39, 0.29) is 58.2 Å². The molecule has 0 fully saturated rings. The molecule has 4 aromatic rings. The SMILES string of the molecule is C=CCCC(NC(=O)OCC1c2ccccc2-c2ccccc21)C(=O)OCC(COCc1ccccc1)NC(=O)C(CC=C)CC(=O)NC(CO)Cc1ccccc1. The van der Waals surface area contributed by atoms with Gasteiger partial charge in [0.05, 0.1) is 37.8 Å². The maximum atomic E-state index is 13.7. The minimum atomic E-state index is -1.05. The molecule has 0 aliphatic heterocycles. The van der Waals surface area contributed by atoms with Gasteiger partial charge in [-0.05, 0) is 59.1 Å². The van der Waals surface area contributed by atoms with Crippen LogP contribution in [0.2, 0.25) is 0 Å². The Morgan fingerprint density at radius 2 is 1.33 bits per heavy atom. The zero-order chi connectivity index (χ0) is 41.1. The van der Waals surface area contributed by atoms with Crippen LogP contribution in [-0.2, 0) is 41.6 Å². The van der Waals surface area contributed by atoms with E-state index in [1.807, 2.05) is 97.1 Å². The lowest BCUT2D eigenvalue weighted by Crippen LogP contribution is -2.48. The molecule has 4 aromatic carbocycles. The van der Waals surface area contributed by atoms with Gasteiger partial charge in [-0.15, -0.1) is 13.2 Å². The third kappa shape index (κ3) is 12.7. The number of esters is 1. The molecule has 0 bridgehead atoms. The molecule has 11 heteroatoms. The average molecular weight is 788 g/mol. The van der Waals surface area contributed by atoms with Crippen molar-refractivity contribution >= 4 is 23.9 Å². The second-order valence-corrected chi connectivity index (χ2v) is 14.3. The zero-order valence-electron chi connectivity index (χ0n) is 32.7. The van der Waals surface area contributed by atoms with Crippen molar-refractivity contribution in [3.8, 4) is 11.1 Å². The van der Waals surface area contributed by atoms with Crippen molar-refractivity contribution in [2.75, 3.05) is 26.4 Å². The summed E-state index contributed by atoms with van der Waals surface area (Å²) in [6, 6.07) is 32.6. The molecule has 4 atom stereocenters. The number of carbonyl (C=O) groups is 4. The van der Waals surface area contributed by atoms with Gasteiger partial charge >= 0.3 is 12.1 Å². The van der Waals surface area contributed by atoms with E-state index in [9.17, 15) is 24.3 Å². The van der Waals surface area contributed by atoms with Gasteiger partial charge < -0.3 is 35.3 Å². The number of hydrogen-bond donors (Lipinski definition) is 4. The first kappa shape index (κ1) is 43.1. The number of hydrogen-bond acceptors (Lipinski definition) is 8. The summed E-state index contributed by atoms with van der Waals surface area (Å²) < 4.78 is 17.4. The van der Waals surface area contributed by atoms with Gasteiger partial charge in [0.15, 0.2) is 0 Å². The van der Waals surface area contributed by atoms with Gasteiger partial charge in [-0.1, -0.05) is 121 Å².